The van der Waals surface area contributed by atoms with Crippen LogP contribution in [0, 0.1) is 0 Å². The first-order valence-corrected chi connectivity index (χ1v) is 14.2. The highest BCUT2D eigenvalue weighted by Crippen LogP contribution is 2.30. The van der Waals surface area contributed by atoms with E-state index in [1.54, 1.807) is 29.2 Å². The maximum atomic E-state index is 13.3. The van der Waals surface area contributed by atoms with Crippen molar-refractivity contribution in [3.05, 3.63) is 40.3 Å². The van der Waals surface area contributed by atoms with Crippen LogP contribution in [-0.2, 0) is 33.0 Å². The molecule has 1 aliphatic heterocycles. The van der Waals surface area contributed by atoms with Crippen LogP contribution in [0.1, 0.15) is 22.9 Å². The standard InChI is InChI=1S/C19H24N6O5S3/c20-32(27,28)14-5-8-25(9-6-14)19-16(11-13-3-1-2-4-15(13)22-19)33(29,30)21-12-18-24-23-17(31-18)7-10-26/h1-4,11,14,21,26H,5-10,12H2,(H2,20,27,28). The first-order valence-electron chi connectivity index (χ1n) is 10.3. The lowest BCUT2D eigenvalue weighted by Crippen LogP contribution is -2.42. The molecule has 1 saturated heterocycles. The van der Waals surface area contributed by atoms with E-state index in [9.17, 15) is 16.8 Å². The Labute approximate surface area is 195 Å². The number of hydrogen-bond donors (Lipinski definition) is 3. The number of para-hydroxylation sites is 1. The minimum absolute atomic E-state index is 0.00959. The number of rotatable bonds is 8. The SMILES string of the molecule is NS(=O)(=O)C1CCN(c2nc3ccccc3cc2S(=O)(=O)NCc2nnc(CCO)s2)CC1. The van der Waals surface area contributed by atoms with Gasteiger partial charge in [-0.3, -0.25) is 0 Å². The van der Waals surface area contributed by atoms with Crippen molar-refractivity contribution in [2.75, 3.05) is 24.6 Å². The van der Waals surface area contributed by atoms with Gasteiger partial charge < -0.3 is 10.0 Å². The number of hydrogen-bond acceptors (Lipinski definition) is 10. The Morgan fingerprint density at radius 3 is 2.52 bits per heavy atom. The van der Waals surface area contributed by atoms with E-state index in [-0.39, 0.29) is 23.9 Å². The molecule has 0 radical (unpaired) electrons. The zero-order valence-electron chi connectivity index (χ0n) is 17.6. The van der Waals surface area contributed by atoms with Gasteiger partial charge in [0.1, 0.15) is 20.7 Å². The molecule has 3 aromatic rings. The van der Waals surface area contributed by atoms with E-state index in [4.69, 9.17) is 10.2 Å². The highest BCUT2D eigenvalue weighted by molar-refractivity contribution is 7.90. The molecule has 0 bridgehead atoms. The van der Waals surface area contributed by atoms with Crippen molar-refractivity contribution in [1.82, 2.24) is 19.9 Å². The molecular weight excluding hydrogens is 488 g/mol. The van der Waals surface area contributed by atoms with Crippen LogP contribution in [0.2, 0.25) is 0 Å². The lowest BCUT2D eigenvalue weighted by molar-refractivity contribution is 0.299. The largest absolute Gasteiger partial charge is 0.396 e. The summed E-state index contributed by atoms with van der Waals surface area (Å²) in [6, 6.07) is 8.77. The van der Waals surface area contributed by atoms with Gasteiger partial charge in [0.05, 0.1) is 17.3 Å². The Morgan fingerprint density at radius 2 is 1.82 bits per heavy atom. The number of nitrogens with two attached hydrogens (primary N) is 1. The highest BCUT2D eigenvalue weighted by atomic mass is 32.2. The molecule has 11 nitrogen and oxygen atoms in total. The fourth-order valence-corrected chi connectivity index (χ4v) is 6.61. The Balaban J connectivity index is 1.63. The van der Waals surface area contributed by atoms with E-state index in [1.165, 1.54) is 11.3 Å². The Hall–Kier alpha value is -2.23. The summed E-state index contributed by atoms with van der Waals surface area (Å²) in [4.78, 5) is 6.40. The minimum Gasteiger partial charge on any atom is -0.396 e. The van der Waals surface area contributed by atoms with E-state index in [0.717, 1.165) is 0 Å². The van der Waals surface area contributed by atoms with Gasteiger partial charge in [-0.15, -0.1) is 21.5 Å². The number of aliphatic hydroxyl groups excluding tert-OH is 1. The van der Waals surface area contributed by atoms with E-state index >= 15 is 0 Å². The number of nitrogens with zero attached hydrogens (tertiary/aromatic N) is 4. The smallest absolute Gasteiger partial charge is 0.244 e. The number of anilines is 1. The van der Waals surface area contributed by atoms with Gasteiger partial charge in [0.2, 0.25) is 20.0 Å². The molecule has 3 heterocycles. The Kier molecular flexibility index (Phi) is 6.93. The van der Waals surface area contributed by atoms with Gasteiger partial charge in [0.25, 0.3) is 0 Å². The van der Waals surface area contributed by atoms with E-state index < -0.39 is 25.3 Å². The number of aromatic nitrogens is 3. The Bertz CT molecular complexity index is 1350. The van der Waals surface area contributed by atoms with Crippen LogP contribution in [0.15, 0.2) is 35.2 Å². The summed E-state index contributed by atoms with van der Waals surface area (Å²) in [5.74, 6) is 0.271. The predicted molar refractivity (Wildman–Crippen MR) is 125 cm³/mol. The third kappa shape index (κ3) is 5.47. The molecule has 0 spiro atoms. The normalized spacial score (nSPS) is 15.9. The van der Waals surface area contributed by atoms with Gasteiger partial charge in [0.15, 0.2) is 0 Å². The second kappa shape index (κ2) is 9.56. The average molecular weight is 513 g/mol. The number of piperidine rings is 1. The van der Waals surface area contributed by atoms with Crippen molar-refractivity contribution in [3.8, 4) is 0 Å². The number of primary sulfonamides is 1. The zero-order chi connectivity index (χ0) is 23.6. The topological polar surface area (TPSA) is 168 Å². The molecule has 178 valence electrons. The van der Waals surface area contributed by atoms with Crippen molar-refractivity contribution in [2.24, 2.45) is 5.14 Å². The summed E-state index contributed by atoms with van der Waals surface area (Å²) in [6.07, 6.45) is 0.939. The summed E-state index contributed by atoms with van der Waals surface area (Å²) in [5.41, 5.74) is 0.637. The minimum atomic E-state index is -3.98. The van der Waals surface area contributed by atoms with Crippen molar-refractivity contribution >= 4 is 48.1 Å². The molecule has 1 fully saturated rings. The number of sulfonamides is 2. The van der Waals surface area contributed by atoms with Crippen molar-refractivity contribution < 1.29 is 21.9 Å². The molecule has 14 heteroatoms. The van der Waals surface area contributed by atoms with Gasteiger partial charge >= 0.3 is 0 Å². The first kappa shape index (κ1) is 23.9. The number of fused-ring (bicyclic) bond motifs is 1. The van der Waals surface area contributed by atoms with Crippen LogP contribution in [0.5, 0.6) is 0 Å². The van der Waals surface area contributed by atoms with Crippen LogP contribution in [0.3, 0.4) is 0 Å². The molecule has 4 rings (SSSR count). The lowest BCUT2D eigenvalue weighted by Gasteiger charge is -2.32. The molecule has 1 aromatic carbocycles. The number of nitrogens with one attached hydrogen (secondary N) is 1. The summed E-state index contributed by atoms with van der Waals surface area (Å²) in [7, 11) is -7.63. The van der Waals surface area contributed by atoms with Gasteiger partial charge in [-0.25, -0.2) is 31.7 Å². The summed E-state index contributed by atoms with van der Waals surface area (Å²) < 4.78 is 52.6. The van der Waals surface area contributed by atoms with Gasteiger partial charge in [-0.2, -0.15) is 0 Å². The van der Waals surface area contributed by atoms with Gasteiger partial charge in [-0.05, 0) is 25.0 Å². The Morgan fingerprint density at radius 1 is 1.12 bits per heavy atom. The van der Waals surface area contributed by atoms with Crippen molar-refractivity contribution in [1.29, 1.82) is 0 Å². The van der Waals surface area contributed by atoms with Gasteiger partial charge in [-0.1, -0.05) is 18.2 Å². The molecule has 0 atom stereocenters. The van der Waals surface area contributed by atoms with Crippen LogP contribution >= 0.6 is 11.3 Å². The molecule has 1 aliphatic rings. The fourth-order valence-electron chi connectivity index (χ4n) is 3.70. The third-order valence-electron chi connectivity index (χ3n) is 5.41. The van der Waals surface area contributed by atoms with Crippen LogP contribution < -0.4 is 14.8 Å². The van der Waals surface area contributed by atoms with Gasteiger partial charge in [0, 0.05) is 31.5 Å². The fraction of sp³-hybridized carbons (Fsp3) is 0.421. The molecule has 0 saturated carbocycles. The van der Waals surface area contributed by atoms with Crippen LogP contribution in [-0.4, -0.2) is 62.1 Å². The maximum absolute atomic E-state index is 13.3. The molecule has 33 heavy (non-hydrogen) atoms. The summed E-state index contributed by atoms with van der Waals surface area (Å²) in [6.45, 7) is 0.519. The van der Waals surface area contributed by atoms with Crippen LogP contribution in [0.4, 0.5) is 5.82 Å². The van der Waals surface area contributed by atoms with E-state index in [1.807, 2.05) is 6.07 Å². The molecular formula is C19H24N6O5S3. The second-order valence-electron chi connectivity index (χ2n) is 7.67. The first-order chi connectivity index (χ1) is 15.7. The molecule has 0 aliphatic carbocycles. The van der Waals surface area contributed by atoms with Crippen molar-refractivity contribution in [3.63, 3.8) is 0 Å². The molecule has 2 aromatic heterocycles. The monoisotopic (exact) mass is 512 g/mol. The second-order valence-corrected chi connectivity index (χ2v) is 12.4. The molecule has 0 unspecified atom stereocenters. The highest BCUT2D eigenvalue weighted by Gasteiger charge is 2.31. The lowest BCUT2D eigenvalue weighted by atomic mass is 10.1. The van der Waals surface area contributed by atoms with Crippen molar-refractivity contribution in [2.45, 2.75) is 36.0 Å². The summed E-state index contributed by atoms with van der Waals surface area (Å²) >= 11 is 1.23. The molecule has 4 N–H and O–H groups in total. The average Bonchev–Trinajstić information content (AvgIpc) is 3.24. The predicted octanol–water partition coefficient (Wildman–Crippen LogP) is 0.357. The third-order valence-corrected chi connectivity index (χ3v) is 9.20. The zero-order valence-corrected chi connectivity index (χ0v) is 20.0. The maximum Gasteiger partial charge on any atom is 0.244 e. The number of pyridine rings is 1. The van der Waals surface area contributed by atoms with E-state index in [2.05, 4.69) is 19.9 Å². The number of aliphatic hydroxyl groups is 1. The number of benzene rings is 1. The summed E-state index contributed by atoms with van der Waals surface area (Å²) in [5, 5.41) is 23.3. The van der Waals surface area contributed by atoms with Crippen LogP contribution in [0.25, 0.3) is 10.9 Å². The van der Waals surface area contributed by atoms with E-state index in [0.29, 0.717) is 53.3 Å². The molecule has 0 amide bonds. The quantitative estimate of drug-likeness (QED) is 0.386.